The fraction of sp³-hybridized carbons (Fsp3) is 0.312. The number of thioether (sulfide) groups is 1. The molecule has 11 N–H and O–H groups in total. The third-order valence-corrected chi connectivity index (χ3v) is 10.1. The summed E-state index contributed by atoms with van der Waals surface area (Å²) in [5, 5.41) is 50.4. The van der Waals surface area contributed by atoms with Crippen molar-refractivity contribution in [3.63, 3.8) is 0 Å². The highest BCUT2D eigenvalue weighted by atomic mass is 32.2. The highest BCUT2D eigenvalue weighted by molar-refractivity contribution is 8.00. The number of hydrogen-bond acceptors (Lipinski definition) is 18. The maximum Gasteiger partial charge on any atom is 0.352 e. The molecule has 57 heavy (non-hydrogen) atoms. The van der Waals surface area contributed by atoms with E-state index in [1.165, 1.54) is 43.3 Å². The molecule has 1 fully saturated rings. The number of carboxylic acid groups (broad SMARTS) is 2. The van der Waals surface area contributed by atoms with Crippen LogP contribution < -0.4 is 32.8 Å². The van der Waals surface area contributed by atoms with Crippen molar-refractivity contribution in [3.05, 3.63) is 74.6 Å². The van der Waals surface area contributed by atoms with Crippen LogP contribution in [-0.2, 0) is 28.8 Å². The minimum atomic E-state index is -1.82. The van der Waals surface area contributed by atoms with Crippen LogP contribution in [0.4, 0.5) is 5.13 Å². The van der Waals surface area contributed by atoms with Crippen molar-refractivity contribution in [3.8, 4) is 5.75 Å². The summed E-state index contributed by atoms with van der Waals surface area (Å²) in [6.45, 7) is 2.49. The Morgan fingerprint density at radius 1 is 1.18 bits per heavy atom. The van der Waals surface area contributed by atoms with Gasteiger partial charge in [0, 0.05) is 42.9 Å². The number of aromatic nitrogens is 2. The van der Waals surface area contributed by atoms with E-state index in [4.69, 9.17) is 16.3 Å². The van der Waals surface area contributed by atoms with Crippen molar-refractivity contribution >= 4 is 75.3 Å². The standard InChI is InChI=1S/C32H35N11O12S2/c1-32(2,30(52)53)55-40-21(16-12-57-31(34)38-16)26(48)39-22-27(49)43-23(29(50)51)14(11-56-28(22)43)4-3-7-41-9-15(24(33)36-13-41)37-20(46)5-6-35-25(47)17-8-18(44)19(45)10-42(17)54/h3-4,8-10,12,22,28,45,54H,5-7,11,13H2,1-2H3,(H2,33,36)(H2,34,38)(H,35,47)(H,37,46)(H,39,48)(H,50,51)(H,52,53)/b4-3+,40-21-/t22-,28?/m1/s1. The van der Waals surface area contributed by atoms with Gasteiger partial charge in [0.25, 0.3) is 17.7 Å². The molecule has 0 spiro atoms. The quantitative estimate of drug-likeness (QED) is 0.0410. The van der Waals surface area contributed by atoms with Crippen LogP contribution in [0.5, 0.6) is 5.75 Å². The average Bonchev–Trinajstić information content (AvgIpc) is 3.58. The summed E-state index contributed by atoms with van der Waals surface area (Å²) >= 11 is 2.18. The Bertz CT molecular complexity index is 2240. The van der Waals surface area contributed by atoms with Crippen LogP contribution in [0.3, 0.4) is 0 Å². The average molecular weight is 830 g/mol. The number of β-lactam (4-membered cyclic amide) rings is 1. The zero-order chi connectivity index (χ0) is 41.8. The Hall–Kier alpha value is -6.89. The zero-order valence-corrected chi connectivity index (χ0v) is 31.5. The number of nitrogens with zero attached hydrogens (tertiary/aromatic N) is 6. The van der Waals surface area contributed by atoms with Gasteiger partial charge in [0.1, 0.15) is 41.0 Å². The maximum absolute atomic E-state index is 13.3. The number of rotatable bonds is 15. The number of nitrogens with one attached hydrogen (secondary N) is 3. The minimum Gasteiger partial charge on any atom is -0.503 e. The first-order valence-corrected chi connectivity index (χ1v) is 18.4. The number of nitrogens with two attached hydrogens (primary N) is 2. The van der Waals surface area contributed by atoms with Crippen LogP contribution in [0.1, 0.15) is 36.5 Å². The van der Waals surface area contributed by atoms with Crippen LogP contribution >= 0.6 is 23.1 Å². The number of nitrogen functional groups attached to an aromatic ring is 1. The molecule has 23 nitrogen and oxygen atoms in total. The Morgan fingerprint density at radius 3 is 2.58 bits per heavy atom. The van der Waals surface area contributed by atoms with E-state index in [1.54, 1.807) is 11.0 Å². The number of carboxylic acids is 2. The lowest BCUT2D eigenvalue weighted by Gasteiger charge is -2.49. The first-order valence-electron chi connectivity index (χ1n) is 16.5. The summed E-state index contributed by atoms with van der Waals surface area (Å²) in [6.07, 6.45) is 5.09. The van der Waals surface area contributed by atoms with Gasteiger partial charge in [-0.05, 0) is 19.4 Å². The zero-order valence-electron chi connectivity index (χ0n) is 29.9. The number of carbonyl (C=O) groups is 6. The monoisotopic (exact) mass is 829 g/mol. The Morgan fingerprint density at radius 2 is 1.91 bits per heavy atom. The number of carbonyl (C=O) groups excluding carboxylic acids is 4. The number of amides is 4. The molecule has 1 unspecified atom stereocenters. The summed E-state index contributed by atoms with van der Waals surface area (Å²) in [5.41, 5.74) is 8.18. The predicted octanol–water partition coefficient (Wildman–Crippen LogP) is -1.88. The molecule has 2 aromatic rings. The number of amidine groups is 1. The van der Waals surface area contributed by atoms with Crippen LogP contribution in [0.25, 0.3) is 0 Å². The van der Waals surface area contributed by atoms with Crippen molar-refractivity contribution in [1.29, 1.82) is 0 Å². The van der Waals surface area contributed by atoms with Gasteiger partial charge in [0.15, 0.2) is 16.6 Å². The second-order valence-electron chi connectivity index (χ2n) is 12.7. The van der Waals surface area contributed by atoms with E-state index in [0.29, 0.717) is 11.8 Å². The first-order chi connectivity index (χ1) is 26.9. The smallest absolute Gasteiger partial charge is 0.352 e. The molecule has 5 rings (SSSR count). The summed E-state index contributed by atoms with van der Waals surface area (Å²) in [7, 11) is 0. The Labute approximate surface area is 329 Å². The molecule has 3 aliphatic rings. The molecule has 302 valence electrons. The van der Waals surface area contributed by atoms with Crippen molar-refractivity contribution < 1.29 is 54.1 Å². The van der Waals surface area contributed by atoms with Crippen molar-refractivity contribution in [2.24, 2.45) is 15.9 Å². The molecule has 0 bridgehead atoms. The van der Waals surface area contributed by atoms with E-state index in [-0.39, 0.29) is 64.7 Å². The first kappa shape index (κ1) is 41.3. The van der Waals surface area contributed by atoms with Crippen molar-refractivity contribution in [2.75, 3.05) is 31.2 Å². The molecule has 3 aliphatic heterocycles. The van der Waals surface area contributed by atoms with Crippen LogP contribution in [0, 0.1) is 0 Å². The van der Waals surface area contributed by atoms with Gasteiger partial charge in [-0.1, -0.05) is 17.3 Å². The van der Waals surface area contributed by atoms with E-state index in [2.05, 4.69) is 31.1 Å². The van der Waals surface area contributed by atoms with E-state index >= 15 is 0 Å². The fourth-order valence-electron chi connectivity index (χ4n) is 5.13. The van der Waals surface area contributed by atoms with Gasteiger partial charge in [-0.3, -0.25) is 28.9 Å². The molecule has 0 aromatic carbocycles. The third kappa shape index (κ3) is 9.33. The van der Waals surface area contributed by atoms with E-state index < -0.39 is 75.2 Å². The summed E-state index contributed by atoms with van der Waals surface area (Å²) in [5.74, 6) is -6.43. The number of aromatic hydroxyl groups is 1. The Kier molecular flexibility index (Phi) is 12.2. The van der Waals surface area contributed by atoms with Gasteiger partial charge >= 0.3 is 11.9 Å². The highest BCUT2D eigenvalue weighted by Crippen LogP contribution is 2.40. The second kappa shape index (κ2) is 16.9. The number of hydrogen-bond donors (Lipinski definition) is 9. The number of allylic oxidation sites excluding steroid dienone is 1. The predicted molar refractivity (Wildman–Crippen MR) is 201 cm³/mol. The van der Waals surface area contributed by atoms with Gasteiger partial charge in [0.05, 0.1) is 11.9 Å². The number of thiazole rings is 1. The molecule has 4 amide bonds. The third-order valence-electron chi connectivity index (χ3n) is 8.17. The lowest BCUT2D eigenvalue weighted by Crippen LogP contribution is -2.71. The molecule has 0 aliphatic carbocycles. The lowest BCUT2D eigenvalue weighted by atomic mass is 10.0. The largest absolute Gasteiger partial charge is 0.503 e. The van der Waals surface area contributed by atoms with Gasteiger partial charge < -0.3 is 57.7 Å². The molecule has 2 aromatic heterocycles. The van der Waals surface area contributed by atoms with Gasteiger partial charge in [0.2, 0.25) is 16.9 Å². The van der Waals surface area contributed by atoms with E-state index in [9.17, 15) is 54.1 Å². The number of anilines is 1. The number of oxime groups is 1. The molecule has 1 saturated heterocycles. The molecule has 0 radical (unpaired) electrons. The molecule has 2 atom stereocenters. The number of aliphatic imine (C=N–C) groups is 1. The molecule has 0 saturated carbocycles. The van der Waals surface area contributed by atoms with E-state index in [0.717, 1.165) is 22.3 Å². The van der Waals surface area contributed by atoms with Crippen LogP contribution in [-0.4, -0.2) is 130 Å². The Balaban J connectivity index is 1.19. The lowest BCUT2D eigenvalue weighted by molar-refractivity contribution is -0.161. The molecule has 25 heteroatoms. The number of fused-ring (bicyclic) bond motifs is 1. The SMILES string of the molecule is CC(C)(O/N=C(\C(=O)N[C@@H]1C(=O)N2C(C(=O)O)=C(/C=C/CN3C=C(NC(=O)CCNC(=O)c4cc(=O)c(O)cn4O)C(N)=NC3)CSC12)c1csc(N)n1)C(=O)O. The molecular weight excluding hydrogens is 795 g/mol. The highest BCUT2D eigenvalue weighted by Gasteiger charge is 2.54. The molecule has 5 heterocycles. The van der Waals surface area contributed by atoms with Gasteiger partial charge in [-0.2, -0.15) is 4.73 Å². The van der Waals surface area contributed by atoms with Crippen molar-refractivity contribution in [1.82, 2.24) is 35.5 Å². The van der Waals surface area contributed by atoms with Crippen molar-refractivity contribution in [2.45, 2.75) is 37.3 Å². The topological polar surface area (TPSA) is 347 Å². The minimum absolute atomic E-state index is 0.0234. The van der Waals surface area contributed by atoms with Crippen LogP contribution in [0.2, 0.25) is 0 Å². The summed E-state index contributed by atoms with van der Waals surface area (Å²) in [4.78, 5) is 103. The summed E-state index contributed by atoms with van der Waals surface area (Å²) < 4.78 is 0.270. The second-order valence-corrected chi connectivity index (χ2v) is 14.7. The number of pyridine rings is 1. The molecular formula is C32H35N11O12S2. The normalized spacial score (nSPS) is 18.3. The van der Waals surface area contributed by atoms with Gasteiger partial charge in [-0.25, -0.2) is 19.6 Å². The fourth-order valence-corrected chi connectivity index (χ4v) is 7.00. The summed E-state index contributed by atoms with van der Waals surface area (Å²) in [6, 6.07) is -0.438. The maximum atomic E-state index is 13.3. The van der Waals surface area contributed by atoms with Crippen LogP contribution in [0.15, 0.2) is 67.9 Å². The van der Waals surface area contributed by atoms with Gasteiger partial charge in [-0.15, -0.1) is 23.1 Å². The number of aliphatic carboxylic acids is 2. The van der Waals surface area contributed by atoms with E-state index in [1.807, 2.05) is 0 Å².